The van der Waals surface area contributed by atoms with Crippen molar-refractivity contribution in [2.45, 2.75) is 32.0 Å². The molecule has 1 fully saturated rings. The maximum atomic E-state index is 14.7. The van der Waals surface area contributed by atoms with Crippen LogP contribution in [0.15, 0.2) is 41.3 Å². The number of rotatable bonds is 5. The highest BCUT2D eigenvalue weighted by Gasteiger charge is 2.39. The standard InChI is InChI=1S/C22H19F5N4O2S/c1-2-17(22(25,26)27)28-21(33)14-11-30(16-6-4-12(23)10-15(16)24)20-13(19(14)32)5-7-18(29-20)31-8-3-9-34-31/h4-7,10-11,17H,2-3,8-9H2,1H3,(H,28,33). The van der Waals surface area contributed by atoms with E-state index in [1.807, 2.05) is 9.62 Å². The van der Waals surface area contributed by atoms with Crippen molar-refractivity contribution in [3.63, 3.8) is 0 Å². The van der Waals surface area contributed by atoms with Gasteiger partial charge in [-0.1, -0.05) is 6.92 Å². The molecule has 0 spiro atoms. The molecule has 180 valence electrons. The Hall–Kier alpha value is -3.15. The Labute approximate surface area is 194 Å². The lowest BCUT2D eigenvalue weighted by atomic mass is 10.1. The fourth-order valence-electron chi connectivity index (χ4n) is 3.63. The quantitative estimate of drug-likeness (QED) is 0.412. The fraction of sp³-hybridized carbons (Fsp3) is 0.318. The average molecular weight is 498 g/mol. The maximum absolute atomic E-state index is 14.7. The van der Waals surface area contributed by atoms with Gasteiger partial charge in [-0.05, 0) is 49.1 Å². The number of pyridine rings is 2. The second-order valence-corrected chi connectivity index (χ2v) is 8.75. The van der Waals surface area contributed by atoms with Crippen LogP contribution < -0.4 is 15.1 Å². The van der Waals surface area contributed by atoms with Crippen molar-refractivity contribution in [1.29, 1.82) is 0 Å². The normalized spacial score (nSPS) is 15.1. The van der Waals surface area contributed by atoms with Gasteiger partial charge >= 0.3 is 6.18 Å². The molecule has 6 nitrogen and oxygen atoms in total. The summed E-state index contributed by atoms with van der Waals surface area (Å²) in [5.41, 5.74) is -1.71. The van der Waals surface area contributed by atoms with E-state index in [0.717, 1.165) is 35.1 Å². The van der Waals surface area contributed by atoms with Crippen molar-refractivity contribution < 1.29 is 26.7 Å². The molecule has 1 amide bonds. The van der Waals surface area contributed by atoms with Crippen LogP contribution in [0.1, 0.15) is 30.1 Å². The predicted octanol–water partition coefficient (Wildman–Crippen LogP) is 4.59. The van der Waals surface area contributed by atoms with Crippen molar-refractivity contribution in [1.82, 2.24) is 14.9 Å². The van der Waals surface area contributed by atoms with E-state index in [0.29, 0.717) is 18.4 Å². The molecule has 1 aliphatic rings. The van der Waals surface area contributed by atoms with E-state index in [1.165, 1.54) is 24.9 Å². The molecule has 4 rings (SSSR count). The molecule has 12 heteroatoms. The summed E-state index contributed by atoms with van der Waals surface area (Å²) in [6.45, 7) is 1.95. The Bertz CT molecular complexity index is 1300. The molecule has 1 atom stereocenters. The van der Waals surface area contributed by atoms with Gasteiger partial charge < -0.3 is 9.62 Å². The van der Waals surface area contributed by atoms with Crippen LogP contribution in [0.5, 0.6) is 0 Å². The average Bonchev–Trinajstić information content (AvgIpc) is 3.32. The Morgan fingerprint density at radius 3 is 2.62 bits per heavy atom. The van der Waals surface area contributed by atoms with Gasteiger partial charge in [-0.15, -0.1) is 0 Å². The van der Waals surface area contributed by atoms with Gasteiger partial charge in [0.15, 0.2) is 5.65 Å². The minimum Gasteiger partial charge on any atom is -0.340 e. The predicted molar refractivity (Wildman–Crippen MR) is 119 cm³/mol. The summed E-state index contributed by atoms with van der Waals surface area (Å²) in [7, 11) is 0. The number of hydrogen-bond donors (Lipinski definition) is 1. The number of hydrogen-bond acceptors (Lipinski definition) is 5. The number of alkyl halides is 3. The number of anilines is 1. The number of nitrogens with one attached hydrogen (secondary N) is 1. The van der Waals surface area contributed by atoms with E-state index in [-0.39, 0.29) is 16.7 Å². The van der Waals surface area contributed by atoms with E-state index in [9.17, 15) is 31.5 Å². The lowest BCUT2D eigenvalue weighted by Crippen LogP contribution is -2.46. The van der Waals surface area contributed by atoms with Crippen LogP contribution in [-0.2, 0) is 0 Å². The van der Waals surface area contributed by atoms with Crippen LogP contribution in [0.4, 0.5) is 27.8 Å². The van der Waals surface area contributed by atoms with Crippen LogP contribution in [0.3, 0.4) is 0 Å². The number of halogens is 5. The first kappa shape index (κ1) is 24.0. The summed E-state index contributed by atoms with van der Waals surface area (Å²) in [4.78, 5) is 30.3. The van der Waals surface area contributed by atoms with Crippen molar-refractivity contribution in [2.24, 2.45) is 0 Å². The van der Waals surface area contributed by atoms with Crippen LogP contribution in [0, 0.1) is 11.6 Å². The Kier molecular flexibility index (Phi) is 6.52. The van der Waals surface area contributed by atoms with Crippen molar-refractivity contribution in [2.75, 3.05) is 16.6 Å². The van der Waals surface area contributed by atoms with E-state index in [4.69, 9.17) is 0 Å². The highest BCUT2D eigenvalue weighted by atomic mass is 32.2. The molecule has 2 aromatic heterocycles. The van der Waals surface area contributed by atoms with E-state index in [2.05, 4.69) is 4.98 Å². The second kappa shape index (κ2) is 9.24. The Morgan fingerprint density at radius 1 is 1.24 bits per heavy atom. The van der Waals surface area contributed by atoms with Crippen LogP contribution in [-0.4, -0.2) is 40.0 Å². The van der Waals surface area contributed by atoms with Gasteiger partial charge in [0, 0.05) is 24.6 Å². The molecule has 0 bridgehead atoms. The summed E-state index contributed by atoms with van der Waals surface area (Å²) in [5, 5.41) is 1.73. The smallest absolute Gasteiger partial charge is 0.340 e. The molecular formula is C22H19F5N4O2S. The van der Waals surface area contributed by atoms with Gasteiger partial charge in [-0.2, -0.15) is 13.2 Å². The molecule has 34 heavy (non-hydrogen) atoms. The molecule has 1 saturated heterocycles. The molecule has 1 aromatic carbocycles. The van der Waals surface area contributed by atoms with Gasteiger partial charge in [-0.25, -0.2) is 13.8 Å². The highest BCUT2D eigenvalue weighted by Crippen LogP contribution is 2.29. The van der Waals surface area contributed by atoms with Crippen molar-refractivity contribution in [3.8, 4) is 5.69 Å². The topological polar surface area (TPSA) is 67.2 Å². The van der Waals surface area contributed by atoms with Crippen molar-refractivity contribution >= 4 is 34.7 Å². The number of carbonyl (C=O) groups is 1. The highest BCUT2D eigenvalue weighted by molar-refractivity contribution is 8.00. The molecule has 0 saturated carbocycles. The summed E-state index contributed by atoms with van der Waals surface area (Å²) in [6.07, 6.45) is -3.30. The lowest BCUT2D eigenvalue weighted by molar-refractivity contribution is -0.153. The molecule has 0 radical (unpaired) electrons. The summed E-state index contributed by atoms with van der Waals surface area (Å²) in [6, 6.07) is 3.49. The molecule has 3 heterocycles. The van der Waals surface area contributed by atoms with E-state index in [1.54, 1.807) is 6.07 Å². The van der Waals surface area contributed by atoms with Crippen LogP contribution in [0.2, 0.25) is 0 Å². The minimum atomic E-state index is -4.72. The zero-order valence-corrected chi connectivity index (χ0v) is 18.6. The lowest BCUT2D eigenvalue weighted by Gasteiger charge is -2.21. The van der Waals surface area contributed by atoms with Gasteiger partial charge in [0.05, 0.1) is 11.1 Å². The second-order valence-electron chi connectivity index (χ2n) is 7.64. The van der Waals surface area contributed by atoms with Crippen LogP contribution >= 0.6 is 11.9 Å². The molecule has 3 aromatic rings. The third kappa shape index (κ3) is 4.59. The minimum absolute atomic E-state index is 0.0140. The molecule has 1 unspecified atom stereocenters. The fourth-order valence-corrected chi connectivity index (χ4v) is 4.60. The number of benzene rings is 1. The number of aromatic nitrogens is 2. The van der Waals surface area contributed by atoms with Gasteiger partial charge in [0.1, 0.15) is 29.1 Å². The molecular weight excluding hydrogens is 479 g/mol. The first-order valence-corrected chi connectivity index (χ1v) is 11.3. The third-order valence-electron chi connectivity index (χ3n) is 5.37. The SMILES string of the molecule is CCC(NC(=O)c1cn(-c2ccc(F)cc2F)c2nc(N3CCCS3)ccc2c1=O)C(F)(F)F. The van der Waals surface area contributed by atoms with Gasteiger partial charge in [0.25, 0.3) is 5.91 Å². The molecule has 1 N–H and O–H groups in total. The first-order valence-electron chi connectivity index (χ1n) is 10.4. The largest absolute Gasteiger partial charge is 0.408 e. The number of fused-ring (bicyclic) bond motifs is 1. The van der Waals surface area contributed by atoms with Gasteiger partial charge in [-0.3, -0.25) is 14.2 Å². The third-order valence-corrected chi connectivity index (χ3v) is 6.52. The van der Waals surface area contributed by atoms with E-state index >= 15 is 0 Å². The maximum Gasteiger partial charge on any atom is 0.408 e. The molecule has 1 aliphatic heterocycles. The zero-order valence-electron chi connectivity index (χ0n) is 17.8. The number of carbonyl (C=O) groups excluding carboxylic acids is 1. The Balaban J connectivity index is 1.91. The summed E-state index contributed by atoms with van der Waals surface area (Å²) in [5.74, 6) is -1.74. The number of amides is 1. The number of nitrogens with zero attached hydrogens (tertiary/aromatic N) is 3. The van der Waals surface area contributed by atoms with Crippen LogP contribution in [0.25, 0.3) is 16.7 Å². The van der Waals surface area contributed by atoms with Crippen molar-refractivity contribution in [3.05, 3.63) is 63.9 Å². The van der Waals surface area contributed by atoms with E-state index < -0.39 is 47.2 Å². The first-order chi connectivity index (χ1) is 16.1. The summed E-state index contributed by atoms with van der Waals surface area (Å²) < 4.78 is 70.7. The monoisotopic (exact) mass is 498 g/mol. The zero-order chi connectivity index (χ0) is 24.6. The Morgan fingerprint density at radius 2 is 2.00 bits per heavy atom. The summed E-state index contributed by atoms with van der Waals surface area (Å²) >= 11 is 1.52. The van der Waals surface area contributed by atoms with Gasteiger partial charge in [0.2, 0.25) is 5.43 Å². The molecule has 0 aliphatic carbocycles.